The maximum absolute atomic E-state index is 10.5. The normalized spacial score (nSPS) is 23.1. The van der Waals surface area contributed by atoms with Gasteiger partial charge in [0.15, 0.2) is 0 Å². The van der Waals surface area contributed by atoms with Crippen molar-refractivity contribution in [3.05, 3.63) is 12.2 Å². The molecule has 5 nitrogen and oxygen atoms in total. The number of carbonyl (C=O) groups is 1. The van der Waals surface area contributed by atoms with E-state index in [1.165, 1.54) is 0 Å². The summed E-state index contributed by atoms with van der Waals surface area (Å²) >= 11 is 0. The number of rotatable bonds is 5. The second kappa shape index (κ2) is 7.06. The molecule has 2 unspecified atom stereocenters. The zero-order chi connectivity index (χ0) is 12.7. The predicted octanol–water partition coefficient (Wildman–Crippen LogP) is 1.03. The fraction of sp³-hybridized carbons (Fsp3) is 0.667. The maximum Gasteiger partial charge on any atom is 0.320 e. The van der Waals surface area contributed by atoms with E-state index in [-0.39, 0.29) is 6.04 Å². The molecule has 2 atom stereocenters. The van der Waals surface area contributed by atoms with Crippen LogP contribution in [-0.2, 0) is 4.79 Å². The SMILES string of the molecule is NC1=NC(C/C=C/CC(N)C(=O)O)CCCC1. The Morgan fingerprint density at radius 1 is 1.53 bits per heavy atom. The molecule has 0 aromatic carbocycles. The highest BCUT2D eigenvalue weighted by Gasteiger charge is 2.11. The number of carboxylic acid groups (broad SMARTS) is 1. The van der Waals surface area contributed by atoms with Gasteiger partial charge in [0.2, 0.25) is 0 Å². The number of aliphatic carboxylic acids is 1. The minimum Gasteiger partial charge on any atom is -0.480 e. The molecule has 0 aliphatic carbocycles. The first-order chi connectivity index (χ1) is 8.09. The van der Waals surface area contributed by atoms with Gasteiger partial charge >= 0.3 is 5.97 Å². The van der Waals surface area contributed by atoms with Gasteiger partial charge in [-0.25, -0.2) is 0 Å². The van der Waals surface area contributed by atoms with Gasteiger partial charge in [0.05, 0.1) is 11.9 Å². The number of amidine groups is 1. The average molecular weight is 239 g/mol. The number of aliphatic imine (C=N–C) groups is 1. The van der Waals surface area contributed by atoms with Gasteiger partial charge in [-0.1, -0.05) is 18.6 Å². The summed E-state index contributed by atoms with van der Waals surface area (Å²) in [5.74, 6) is -0.227. The van der Waals surface area contributed by atoms with Crippen molar-refractivity contribution in [2.45, 2.75) is 50.6 Å². The summed E-state index contributed by atoms with van der Waals surface area (Å²) in [6.07, 6.45) is 9.15. The molecule has 0 aromatic heterocycles. The van der Waals surface area contributed by atoms with Gasteiger partial charge in [-0.05, 0) is 25.7 Å². The molecule has 0 fully saturated rings. The van der Waals surface area contributed by atoms with Gasteiger partial charge in [0.1, 0.15) is 6.04 Å². The molecule has 0 radical (unpaired) electrons. The molecular weight excluding hydrogens is 218 g/mol. The lowest BCUT2D eigenvalue weighted by molar-refractivity contribution is -0.138. The zero-order valence-electron chi connectivity index (χ0n) is 10.0. The number of hydrogen-bond acceptors (Lipinski definition) is 4. The van der Waals surface area contributed by atoms with Gasteiger partial charge in [-0.15, -0.1) is 0 Å². The summed E-state index contributed by atoms with van der Waals surface area (Å²) in [6, 6.07) is -0.566. The van der Waals surface area contributed by atoms with Gasteiger partial charge in [0, 0.05) is 6.42 Å². The van der Waals surface area contributed by atoms with E-state index in [2.05, 4.69) is 4.99 Å². The largest absolute Gasteiger partial charge is 0.480 e. The molecule has 0 spiro atoms. The third kappa shape index (κ3) is 5.49. The van der Waals surface area contributed by atoms with Crippen LogP contribution >= 0.6 is 0 Å². The molecule has 0 bridgehead atoms. The molecule has 1 heterocycles. The topological polar surface area (TPSA) is 102 Å². The van der Waals surface area contributed by atoms with Gasteiger partial charge < -0.3 is 16.6 Å². The Kier molecular flexibility index (Phi) is 5.69. The minimum absolute atomic E-state index is 0.245. The highest BCUT2D eigenvalue weighted by atomic mass is 16.4. The van der Waals surface area contributed by atoms with Crippen LogP contribution in [0.3, 0.4) is 0 Å². The Morgan fingerprint density at radius 3 is 3.00 bits per heavy atom. The van der Waals surface area contributed by atoms with E-state index >= 15 is 0 Å². The summed E-state index contributed by atoms with van der Waals surface area (Å²) < 4.78 is 0. The van der Waals surface area contributed by atoms with Crippen LogP contribution in [0, 0.1) is 0 Å². The smallest absolute Gasteiger partial charge is 0.320 e. The van der Waals surface area contributed by atoms with Crippen molar-refractivity contribution in [3.63, 3.8) is 0 Å². The lowest BCUT2D eigenvalue weighted by Crippen LogP contribution is -2.29. The lowest BCUT2D eigenvalue weighted by atomic mass is 10.1. The van der Waals surface area contributed by atoms with Crippen LogP contribution in [-0.4, -0.2) is 29.0 Å². The first-order valence-corrected chi connectivity index (χ1v) is 6.05. The van der Waals surface area contributed by atoms with Crippen molar-refractivity contribution in [2.75, 3.05) is 0 Å². The van der Waals surface area contributed by atoms with E-state index in [9.17, 15) is 4.79 Å². The van der Waals surface area contributed by atoms with Crippen molar-refractivity contribution in [3.8, 4) is 0 Å². The molecule has 1 aliphatic rings. The number of nitrogens with two attached hydrogens (primary N) is 2. The molecule has 5 N–H and O–H groups in total. The van der Waals surface area contributed by atoms with Gasteiger partial charge in [0.25, 0.3) is 0 Å². The molecule has 0 aromatic rings. The summed E-state index contributed by atoms with van der Waals surface area (Å²) in [7, 11) is 0. The third-order valence-corrected chi connectivity index (χ3v) is 2.85. The van der Waals surface area contributed by atoms with Crippen molar-refractivity contribution in [1.29, 1.82) is 0 Å². The van der Waals surface area contributed by atoms with Crippen molar-refractivity contribution in [2.24, 2.45) is 16.5 Å². The van der Waals surface area contributed by atoms with Crippen molar-refractivity contribution in [1.82, 2.24) is 0 Å². The van der Waals surface area contributed by atoms with Crippen LogP contribution in [0.15, 0.2) is 17.1 Å². The number of nitrogens with zero attached hydrogens (tertiary/aromatic N) is 1. The number of hydrogen-bond donors (Lipinski definition) is 3. The van der Waals surface area contributed by atoms with Crippen LogP contribution in [0.5, 0.6) is 0 Å². The van der Waals surface area contributed by atoms with E-state index in [1.807, 2.05) is 12.2 Å². The van der Waals surface area contributed by atoms with E-state index in [0.29, 0.717) is 6.42 Å². The fourth-order valence-electron chi connectivity index (χ4n) is 1.82. The van der Waals surface area contributed by atoms with Crippen LogP contribution in [0.25, 0.3) is 0 Å². The highest BCUT2D eigenvalue weighted by Crippen LogP contribution is 2.15. The summed E-state index contributed by atoms with van der Waals surface area (Å²) in [4.78, 5) is 14.9. The maximum atomic E-state index is 10.5. The van der Waals surface area contributed by atoms with Gasteiger partial charge in [-0.3, -0.25) is 9.79 Å². The second-order valence-corrected chi connectivity index (χ2v) is 4.41. The minimum atomic E-state index is -0.966. The fourth-order valence-corrected chi connectivity index (χ4v) is 1.82. The van der Waals surface area contributed by atoms with Gasteiger partial charge in [-0.2, -0.15) is 0 Å². The monoisotopic (exact) mass is 239 g/mol. The molecule has 17 heavy (non-hydrogen) atoms. The van der Waals surface area contributed by atoms with E-state index < -0.39 is 12.0 Å². The molecule has 1 aliphatic heterocycles. The quantitative estimate of drug-likeness (QED) is 0.624. The van der Waals surface area contributed by atoms with E-state index in [0.717, 1.165) is 37.9 Å². The zero-order valence-corrected chi connectivity index (χ0v) is 10.0. The Hall–Kier alpha value is -1.36. The van der Waals surface area contributed by atoms with Crippen molar-refractivity contribution < 1.29 is 9.90 Å². The molecule has 1 rings (SSSR count). The van der Waals surface area contributed by atoms with Crippen LogP contribution in [0.2, 0.25) is 0 Å². The standard InChI is InChI=1S/C12H21N3O2/c13-10(12(16)17)7-3-1-5-9-6-2-4-8-11(14)15-9/h1,3,9-10H,2,4-8,13H2,(H2,14,15)(H,16,17)/b3-1+. The summed E-state index contributed by atoms with van der Waals surface area (Å²) in [5.41, 5.74) is 11.1. The average Bonchev–Trinajstić information content (AvgIpc) is 2.48. The van der Waals surface area contributed by atoms with Crippen LogP contribution in [0.1, 0.15) is 38.5 Å². The number of carboxylic acids is 1. The molecule has 96 valence electrons. The molecule has 0 amide bonds. The Bertz CT molecular complexity index is 313. The molecule has 0 saturated heterocycles. The van der Waals surface area contributed by atoms with E-state index in [1.54, 1.807) is 0 Å². The van der Waals surface area contributed by atoms with Crippen LogP contribution in [0.4, 0.5) is 0 Å². The summed E-state index contributed by atoms with van der Waals surface area (Å²) in [6.45, 7) is 0. The highest BCUT2D eigenvalue weighted by molar-refractivity contribution is 5.80. The molecular formula is C12H21N3O2. The predicted molar refractivity (Wildman–Crippen MR) is 67.9 cm³/mol. The first-order valence-electron chi connectivity index (χ1n) is 6.05. The molecule has 0 saturated carbocycles. The second-order valence-electron chi connectivity index (χ2n) is 4.41. The summed E-state index contributed by atoms with van der Waals surface area (Å²) in [5, 5.41) is 8.60. The Balaban J connectivity index is 2.31. The first kappa shape index (κ1) is 13.7. The Labute approximate surface area is 102 Å². The Morgan fingerprint density at radius 2 is 2.29 bits per heavy atom. The molecule has 5 heteroatoms. The van der Waals surface area contributed by atoms with Crippen LogP contribution < -0.4 is 11.5 Å². The van der Waals surface area contributed by atoms with Crippen molar-refractivity contribution >= 4 is 11.8 Å². The lowest BCUT2D eigenvalue weighted by Gasteiger charge is -2.07. The third-order valence-electron chi connectivity index (χ3n) is 2.85. The van der Waals surface area contributed by atoms with E-state index in [4.69, 9.17) is 16.6 Å².